The SMILES string of the molecule is CC(C)(C)CCCCCOCCCOC(C)(C)C.CC(C)(C)CCCCCOCCCOCCCOC(C)(C)C.CC(C)(C)CCCCCOCCCOCCCOCCCOC(C)(C)C.CN(CCCOCCCOCC(C)(C)C)CCCOC(C)(C)C. The summed E-state index contributed by atoms with van der Waals surface area (Å²) in [6, 6.07) is 0. The lowest BCUT2D eigenvalue weighted by molar-refractivity contribution is -0.0154. The molecule has 0 rings (SSSR count). The van der Waals surface area contributed by atoms with Crippen molar-refractivity contribution in [3.8, 4) is 0 Å². The second-order valence-electron chi connectivity index (χ2n) is 33.3. The molecule has 0 fully saturated rings. The second kappa shape index (κ2) is 58.8. The largest absolute Gasteiger partial charge is 0.381 e. The first-order valence-corrected chi connectivity index (χ1v) is 36.1. The minimum atomic E-state index is -0.0518. The first kappa shape index (κ1) is 94.9. The van der Waals surface area contributed by atoms with E-state index in [1.54, 1.807) is 0 Å². The topological polar surface area (TPSA) is 114 Å². The van der Waals surface area contributed by atoms with E-state index in [-0.39, 0.29) is 27.8 Å². The fourth-order valence-electron chi connectivity index (χ4n) is 8.13. The van der Waals surface area contributed by atoms with Gasteiger partial charge in [0.1, 0.15) is 0 Å². The Labute approximate surface area is 556 Å². The summed E-state index contributed by atoms with van der Waals surface area (Å²) in [5.41, 5.74) is 1.52. The highest BCUT2D eigenvalue weighted by Gasteiger charge is 2.15. The van der Waals surface area contributed by atoms with Crippen molar-refractivity contribution in [3.63, 3.8) is 0 Å². The van der Waals surface area contributed by atoms with Crippen LogP contribution in [0.5, 0.6) is 0 Å². The lowest BCUT2D eigenvalue weighted by atomic mass is 9.89. The van der Waals surface area contributed by atoms with Crippen LogP contribution in [0.15, 0.2) is 0 Å². The Morgan fingerprint density at radius 2 is 0.382 bits per heavy atom. The maximum atomic E-state index is 5.73. The number of hydrogen-bond donors (Lipinski definition) is 0. The standard InChI is InChI=1S/C22H46O4.C19H41NO3.C19H40O3.C16H34O2/c1-21(2,3)13-8-7-9-14-23-15-10-16-24-17-11-18-25-19-12-20-26-22(4,5)6;1-18(2,3)17-22-15-10-14-21-13-8-11-20(7)12-9-16-23-19(4,5)6;1-18(2,3)12-8-7-9-13-20-14-10-15-21-16-11-17-22-19(4,5)6;1-15(2,3)11-8-7-9-12-17-13-10-14-18-16(4,5)6/h7-20H2,1-6H3;8-17H2,1-7H3;7-17H2,1-6H3;7-14H2,1-6H3. The first-order chi connectivity index (χ1) is 41.2. The molecule has 542 valence electrons. The van der Waals surface area contributed by atoms with Gasteiger partial charge < -0.3 is 61.7 Å². The van der Waals surface area contributed by atoms with E-state index < -0.39 is 0 Å². The Morgan fingerprint density at radius 3 is 0.607 bits per heavy atom. The third kappa shape index (κ3) is 106. The van der Waals surface area contributed by atoms with Crippen LogP contribution in [0, 0.1) is 21.7 Å². The Morgan fingerprint density at radius 1 is 0.191 bits per heavy atom. The van der Waals surface area contributed by atoms with Crippen molar-refractivity contribution in [1.29, 1.82) is 0 Å². The van der Waals surface area contributed by atoms with Crippen LogP contribution >= 0.6 is 0 Å². The maximum absolute atomic E-state index is 5.73. The highest BCUT2D eigenvalue weighted by Crippen LogP contribution is 2.24. The molecule has 0 aliphatic rings. The zero-order chi connectivity index (χ0) is 68.5. The summed E-state index contributed by atoms with van der Waals surface area (Å²) < 4.78 is 67.6. The molecule has 0 bridgehead atoms. The third-order valence-corrected chi connectivity index (χ3v) is 12.9. The van der Waals surface area contributed by atoms with E-state index in [9.17, 15) is 0 Å². The van der Waals surface area contributed by atoms with Crippen molar-refractivity contribution in [2.24, 2.45) is 21.7 Å². The van der Waals surface area contributed by atoms with E-state index in [0.717, 1.165) is 203 Å². The van der Waals surface area contributed by atoms with Gasteiger partial charge in [-0.25, -0.2) is 0 Å². The van der Waals surface area contributed by atoms with Gasteiger partial charge >= 0.3 is 0 Å². The molecular formula is C76H161NO12. The number of ether oxygens (including phenoxy) is 12. The molecule has 0 aromatic rings. The molecule has 0 unspecified atom stereocenters. The molecule has 0 N–H and O–H groups in total. The van der Waals surface area contributed by atoms with E-state index in [1.165, 1.54) is 77.0 Å². The van der Waals surface area contributed by atoms with Gasteiger partial charge in [0.15, 0.2) is 0 Å². The zero-order valence-corrected chi connectivity index (χ0v) is 64.8. The van der Waals surface area contributed by atoms with Gasteiger partial charge in [-0.15, -0.1) is 0 Å². The van der Waals surface area contributed by atoms with Crippen molar-refractivity contribution < 1.29 is 56.8 Å². The van der Waals surface area contributed by atoms with Gasteiger partial charge in [0.25, 0.3) is 0 Å². The van der Waals surface area contributed by atoms with E-state index in [2.05, 4.69) is 178 Å². The summed E-state index contributed by atoms with van der Waals surface area (Å²) in [5, 5.41) is 0. The molecule has 13 nitrogen and oxygen atoms in total. The normalized spacial score (nSPS) is 12.9. The van der Waals surface area contributed by atoms with Crippen LogP contribution in [0.3, 0.4) is 0 Å². The van der Waals surface area contributed by atoms with Crippen molar-refractivity contribution in [3.05, 3.63) is 0 Å². The molecule has 0 spiro atoms. The van der Waals surface area contributed by atoms with E-state index in [0.29, 0.717) is 16.2 Å². The van der Waals surface area contributed by atoms with E-state index >= 15 is 0 Å². The molecule has 0 saturated heterocycles. The van der Waals surface area contributed by atoms with Crippen LogP contribution in [-0.2, 0) is 56.8 Å². The summed E-state index contributed by atoms with van der Waals surface area (Å²) in [7, 11) is 2.16. The van der Waals surface area contributed by atoms with Crippen LogP contribution in [0.1, 0.15) is 301 Å². The van der Waals surface area contributed by atoms with Gasteiger partial charge in [-0.2, -0.15) is 0 Å². The lowest BCUT2D eigenvalue weighted by Crippen LogP contribution is -2.25. The quantitative estimate of drug-likeness (QED) is 0.0539. The molecular weight excluding hydrogens is 1120 g/mol. The Hall–Kier alpha value is -0.520. The van der Waals surface area contributed by atoms with Crippen LogP contribution in [-0.4, -0.2) is 180 Å². The van der Waals surface area contributed by atoms with Gasteiger partial charge in [-0.05, 0) is 208 Å². The molecule has 0 aliphatic carbocycles. The Balaban J connectivity index is -0.000000545. The zero-order valence-electron chi connectivity index (χ0n) is 64.8. The van der Waals surface area contributed by atoms with Crippen LogP contribution in [0.2, 0.25) is 0 Å². The smallest absolute Gasteiger partial charge is 0.0598 e. The third-order valence-electron chi connectivity index (χ3n) is 12.9. The summed E-state index contributed by atoms with van der Waals surface area (Å²) in [6.45, 7) is 70.7. The average Bonchev–Trinajstić information content (AvgIpc) is 3.42. The Kier molecular flexibility index (Phi) is 62.7. The lowest BCUT2D eigenvalue weighted by Gasteiger charge is -2.21. The number of unbranched alkanes of at least 4 members (excludes halogenated alkanes) is 6. The summed E-state index contributed by atoms with van der Waals surface area (Å²) >= 11 is 0. The van der Waals surface area contributed by atoms with Crippen molar-refractivity contribution in [1.82, 2.24) is 4.90 Å². The highest BCUT2D eigenvalue weighted by atomic mass is 16.5. The molecule has 0 aromatic carbocycles. The maximum Gasteiger partial charge on any atom is 0.0598 e. The predicted molar refractivity (Wildman–Crippen MR) is 382 cm³/mol. The Bertz CT molecular complexity index is 1330. The van der Waals surface area contributed by atoms with Gasteiger partial charge in [0.2, 0.25) is 0 Å². The van der Waals surface area contributed by atoms with Crippen LogP contribution in [0.4, 0.5) is 0 Å². The van der Waals surface area contributed by atoms with Crippen molar-refractivity contribution >= 4 is 0 Å². The molecule has 0 amide bonds. The fourth-order valence-corrected chi connectivity index (χ4v) is 8.13. The molecule has 0 aromatic heterocycles. The second-order valence-corrected chi connectivity index (χ2v) is 33.3. The minimum absolute atomic E-state index is 0.0209. The molecule has 0 saturated carbocycles. The van der Waals surface area contributed by atoms with Gasteiger partial charge in [-0.3, -0.25) is 0 Å². The molecule has 89 heavy (non-hydrogen) atoms. The van der Waals surface area contributed by atoms with E-state index in [4.69, 9.17) is 56.8 Å². The predicted octanol–water partition coefficient (Wildman–Crippen LogP) is 19.6. The van der Waals surface area contributed by atoms with E-state index in [1.807, 2.05) is 0 Å². The molecule has 0 aliphatic heterocycles. The van der Waals surface area contributed by atoms with Crippen molar-refractivity contribution in [2.75, 3.05) is 152 Å². The molecule has 0 radical (unpaired) electrons. The monoisotopic (exact) mass is 1280 g/mol. The highest BCUT2D eigenvalue weighted by molar-refractivity contribution is 4.65. The first-order valence-electron chi connectivity index (χ1n) is 36.1. The number of nitrogens with zero attached hydrogens (tertiary/aromatic N) is 1. The van der Waals surface area contributed by atoms with Gasteiger partial charge in [0.05, 0.1) is 29.0 Å². The van der Waals surface area contributed by atoms with Crippen LogP contribution < -0.4 is 0 Å². The molecule has 0 atom stereocenters. The molecule has 0 heterocycles. The minimum Gasteiger partial charge on any atom is -0.381 e. The summed E-state index contributed by atoms with van der Waals surface area (Å²) in [4.78, 5) is 2.35. The number of rotatable bonds is 52. The van der Waals surface area contributed by atoms with Gasteiger partial charge in [0, 0.05) is 139 Å². The van der Waals surface area contributed by atoms with Crippen LogP contribution in [0.25, 0.3) is 0 Å². The summed E-state index contributed by atoms with van der Waals surface area (Å²) in [5.74, 6) is 0. The molecule has 13 heteroatoms. The van der Waals surface area contributed by atoms with Gasteiger partial charge in [-0.1, -0.05) is 122 Å². The summed E-state index contributed by atoms with van der Waals surface area (Å²) in [6.07, 6.45) is 24.2. The van der Waals surface area contributed by atoms with Crippen molar-refractivity contribution in [2.45, 2.75) is 323 Å². The average molecular weight is 1280 g/mol. The fraction of sp³-hybridized carbons (Fsp3) is 1.00. The number of hydrogen-bond acceptors (Lipinski definition) is 13.